The highest BCUT2D eigenvalue weighted by molar-refractivity contribution is 4.73. The van der Waals surface area contributed by atoms with E-state index in [9.17, 15) is 0 Å². The predicted octanol–water partition coefficient (Wildman–Crippen LogP) is 4.12. The smallest absolute Gasteiger partial charge is 0.0379 e. The van der Waals surface area contributed by atoms with Crippen molar-refractivity contribution in [3.63, 3.8) is 0 Å². The highest BCUT2D eigenvalue weighted by Gasteiger charge is 1.52. The van der Waals surface area contributed by atoms with Gasteiger partial charge < -0.3 is 0 Å². The molecular formula is C10H21F. The van der Waals surface area contributed by atoms with E-state index >= 15 is 0 Å². The Labute approximate surface area is 70.7 Å². The van der Waals surface area contributed by atoms with Crippen LogP contribution in [0.25, 0.3) is 0 Å². The fourth-order valence-electron chi connectivity index (χ4n) is 0.236. The summed E-state index contributed by atoms with van der Waals surface area (Å²) in [5.74, 6) is 0. The Kier molecular flexibility index (Phi) is 125. The highest BCUT2D eigenvalue weighted by Crippen LogP contribution is 1.73. The van der Waals surface area contributed by atoms with Crippen LogP contribution in [0.2, 0.25) is 0 Å². The van der Waals surface area contributed by atoms with Gasteiger partial charge in [0.25, 0.3) is 0 Å². The second kappa shape index (κ2) is 61.3. The Hall–Kier alpha value is -0.850. The second-order valence-electron chi connectivity index (χ2n) is 1.39. The maximum atomic E-state index is 3.36. The Morgan fingerprint density at radius 2 is 1.45 bits per heavy atom. The summed E-state index contributed by atoms with van der Waals surface area (Å²) < 4.78 is 0. The molecule has 0 N–H and O–H groups in total. The quantitative estimate of drug-likeness (QED) is 0.506. The molecule has 0 fully saturated rings. The molecule has 0 unspecified atom stereocenters. The van der Waals surface area contributed by atoms with E-state index in [2.05, 4.69) is 38.8 Å². The molecule has 0 atom stereocenters. The molecule has 0 aromatic heterocycles. The first-order chi connectivity index (χ1) is 4.83. The van der Waals surface area contributed by atoms with Crippen molar-refractivity contribution < 1.29 is 4.70 Å². The third-order valence-electron chi connectivity index (χ3n) is 0.471. The fraction of sp³-hybridized carbons (Fsp3) is 0.400. The first-order valence-corrected chi connectivity index (χ1v) is 3.51. The van der Waals surface area contributed by atoms with Gasteiger partial charge >= 0.3 is 0 Å². The van der Waals surface area contributed by atoms with Crippen LogP contribution in [0.4, 0.5) is 4.70 Å². The van der Waals surface area contributed by atoms with E-state index in [4.69, 9.17) is 0 Å². The SMILES string of the molecule is C=C.C=CC.CC=CCC.F. The molecule has 0 amide bonds. The summed E-state index contributed by atoms with van der Waals surface area (Å²) in [6.07, 6.45) is 7.09. The van der Waals surface area contributed by atoms with Gasteiger partial charge in [-0.05, 0) is 20.3 Å². The largest absolute Gasteiger partial charge is 0.269 e. The summed E-state index contributed by atoms with van der Waals surface area (Å²) in [5.41, 5.74) is 0. The van der Waals surface area contributed by atoms with Crippen molar-refractivity contribution in [1.29, 1.82) is 0 Å². The molecule has 68 valence electrons. The zero-order valence-electron chi connectivity index (χ0n) is 7.97. The van der Waals surface area contributed by atoms with Gasteiger partial charge in [0.2, 0.25) is 0 Å². The van der Waals surface area contributed by atoms with Crippen molar-refractivity contribution in [3.8, 4) is 0 Å². The fourth-order valence-corrected chi connectivity index (χ4v) is 0.236. The molecular weight excluding hydrogens is 139 g/mol. The summed E-state index contributed by atoms with van der Waals surface area (Å²) in [6, 6.07) is 0. The summed E-state index contributed by atoms with van der Waals surface area (Å²) in [7, 11) is 0. The van der Waals surface area contributed by atoms with E-state index in [0.717, 1.165) is 6.42 Å². The highest BCUT2D eigenvalue weighted by atomic mass is 19.0. The first kappa shape index (κ1) is 22.5. The molecule has 0 rings (SSSR count). The van der Waals surface area contributed by atoms with Gasteiger partial charge in [-0.15, -0.1) is 19.7 Å². The number of halogens is 1. The van der Waals surface area contributed by atoms with E-state index in [-0.39, 0.29) is 4.70 Å². The number of hydrogen-bond acceptors (Lipinski definition) is 0. The van der Waals surface area contributed by atoms with Crippen LogP contribution >= 0.6 is 0 Å². The minimum Gasteiger partial charge on any atom is -0.269 e. The van der Waals surface area contributed by atoms with Crippen LogP contribution in [-0.2, 0) is 0 Å². The lowest BCUT2D eigenvalue weighted by Gasteiger charge is -1.65. The molecule has 0 aliphatic rings. The van der Waals surface area contributed by atoms with E-state index in [1.807, 2.05) is 13.8 Å². The molecule has 0 saturated heterocycles. The number of allylic oxidation sites excluding steroid dienone is 3. The third kappa shape index (κ3) is 354. The molecule has 0 spiro atoms. The second-order valence-corrected chi connectivity index (χ2v) is 1.39. The third-order valence-corrected chi connectivity index (χ3v) is 0.471. The van der Waals surface area contributed by atoms with E-state index in [1.54, 1.807) is 6.08 Å². The van der Waals surface area contributed by atoms with Gasteiger partial charge in [0.05, 0.1) is 0 Å². The molecule has 0 aromatic rings. The molecule has 1 heteroatoms. The van der Waals surface area contributed by atoms with Gasteiger partial charge in [0.15, 0.2) is 0 Å². The average molecular weight is 160 g/mol. The topological polar surface area (TPSA) is 0 Å². The van der Waals surface area contributed by atoms with E-state index in [1.165, 1.54) is 0 Å². The van der Waals surface area contributed by atoms with Gasteiger partial charge in [-0.25, -0.2) is 0 Å². The summed E-state index contributed by atoms with van der Waals surface area (Å²) >= 11 is 0. The van der Waals surface area contributed by atoms with Crippen LogP contribution in [0.3, 0.4) is 0 Å². The Morgan fingerprint density at radius 1 is 1.18 bits per heavy atom. The molecule has 0 heterocycles. The molecule has 0 aromatic carbocycles. The molecule has 11 heavy (non-hydrogen) atoms. The van der Waals surface area contributed by atoms with Crippen molar-refractivity contribution in [1.82, 2.24) is 0 Å². The summed E-state index contributed by atoms with van der Waals surface area (Å²) in [6.45, 7) is 15.4. The molecule has 0 saturated carbocycles. The molecule has 0 bridgehead atoms. The first-order valence-electron chi connectivity index (χ1n) is 3.51. The van der Waals surface area contributed by atoms with Crippen molar-refractivity contribution in [2.75, 3.05) is 0 Å². The minimum atomic E-state index is 0. The van der Waals surface area contributed by atoms with Gasteiger partial charge in [-0.1, -0.05) is 25.2 Å². The van der Waals surface area contributed by atoms with Gasteiger partial charge in [-0.2, -0.15) is 0 Å². The average Bonchev–Trinajstić information content (AvgIpc) is 1.96. The zero-order valence-corrected chi connectivity index (χ0v) is 7.97. The molecule has 0 aliphatic carbocycles. The van der Waals surface area contributed by atoms with E-state index in [0.29, 0.717) is 0 Å². The van der Waals surface area contributed by atoms with Crippen LogP contribution < -0.4 is 0 Å². The lowest BCUT2D eigenvalue weighted by molar-refractivity contribution is 1.11. The maximum absolute atomic E-state index is 3.36. The Balaban J connectivity index is -0.0000000360. The van der Waals surface area contributed by atoms with Gasteiger partial charge in [0, 0.05) is 0 Å². The number of hydrogen-bond donors (Lipinski definition) is 0. The molecule has 0 nitrogen and oxygen atoms in total. The van der Waals surface area contributed by atoms with Crippen LogP contribution in [0.15, 0.2) is 38.0 Å². The van der Waals surface area contributed by atoms with Crippen molar-refractivity contribution in [2.24, 2.45) is 0 Å². The van der Waals surface area contributed by atoms with Crippen LogP contribution in [0.1, 0.15) is 27.2 Å². The Bertz CT molecular complexity index is 65.3. The van der Waals surface area contributed by atoms with Crippen molar-refractivity contribution >= 4 is 0 Å². The van der Waals surface area contributed by atoms with Crippen LogP contribution in [0.5, 0.6) is 0 Å². The van der Waals surface area contributed by atoms with Crippen molar-refractivity contribution in [2.45, 2.75) is 27.2 Å². The predicted molar refractivity (Wildman–Crippen MR) is 54.7 cm³/mol. The molecule has 0 aliphatic heterocycles. The zero-order chi connectivity index (χ0) is 8.83. The normalized spacial score (nSPS) is 6.09. The standard InChI is InChI=1S/C5H10.C3H6.C2H4.FH/c1-3-5-4-2;1-3-2;1-2;/h3,5H,4H2,1-2H3;3H,1H2,2H3;1-2H2;1H. The van der Waals surface area contributed by atoms with Crippen LogP contribution in [-0.4, -0.2) is 0 Å². The lowest BCUT2D eigenvalue weighted by atomic mass is 10.4. The maximum Gasteiger partial charge on any atom is -0.0379 e. The summed E-state index contributed by atoms with van der Waals surface area (Å²) in [4.78, 5) is 0. The van der Waals surface area contributed by atoms with Gasteiger partial charge in [0.1, 0.15) is 0 Å². The van der Waals surface area contributed by atoms with Gasteiger partial charge in [-0.3, -0.25) is 4.70 Å². The van der Waals surface area contributed by atoms with Crippen molar-refractivity contribution in [3.05, 3.63) is 38.0 Å². The molecule has 0 radical (unpaired) electrons. The lowest BCUT2D eigenvalue weighted by Crippen LogP contribution is -1.43. The van der Waals surface area contributed by atoms with Crippen LogP contribution in [0, 0.1) is 0 Å². The number of rotatable bonds is 1. The summed E-state index contributed by atoms with van der Waals surface area (Å²) in [5, 5.41) is 0. The Morgan fingerprint density at radius 3 is 1.45 bits per heavy atom. The van der Waals surface area contributed by atoms with E-state index < -0.39 is 0 Å². The minimum absolute atomic E-state index is 0. The monoisotopic (exact) mass is 160 g/mol.